The first-order chi connectivity index (χ1) is 26.7. The van der Waals surface area contributed by atoms with Crippen molar-refractivity contribution >= 4 is 43.7 Å². The summed E-state index contributed by atoms with van der Waals surface area (Å²) in [5, 5.41) is 5.07. The number of rotatable bonds is 7. The molecule has 0 spiro atoms. The lowest BCUT2D eigenvalue weighted by atomic mass is 9.82. The maximum Gasteiger partial charge on any atom is 0.145 e. The number of aromatic nitrogens is 2. The Morgan fingerprint density at radius 1 is 0.537 bits per heavy atom. The van der Waals surface area contributed by atoms with Crippen LogP contribution in [0.25, 0.3) is 93.9 Å². The third kappa shape index (κ3) is 4.92. The standard InChI is InChI=1S/C52H36N2/c1-3-18-37(52-53-45-29-15-16-30-46(45)54(52)38-23-11-6-12-24-38)33-34(2)39-31-32-44-49-40(39)27-17-28-43(49)50-47(35-19-7-4-8-20-35)41-25-13-14-26-42(41)48(51(44)50)36-21-9-5-10-22-36/h3-33H,1H2,2H3/b34-33+,37-18+. The highest BCUT2D eigenvalue weighted by Gasteiger charge is 2.31. The molecule has 8 aromatic carbocycles. The summed E-state index contributed by atoms with van der Waals surface area (Å²) in [5.41, 5.74) is 16.7. The Morgan fingerprint density at radius 2 is 1.09 bits per heavy atom. The maximum atomic E-state index is 5.19. The van der Waals surface area contributed by atoms with E-state index in [1.54, 1.807) is 0 Å². The summed E-state index contributed by atoms with van der Waals surface area (Å²) < 4.78 is 2.25. The SMILES string of the molecule is C=C/C=C(\C=C(/C)c1ccc2c3c(cccc13)-c1c-2c(-c2ccccc2)c2ccccc2c1-c1ccccc1)c1nc2ccccc2n1-c1ccccc1. The van der Waals surface area contributed by atoms with Crippen molar-refractivity contribution in [3.63, 3.8) is 0 Å². The molecule has 0 saturated heterocycles. The zero-order valence-electron chi connectivity index (χ0n) is 30.0. The van der Waals surface area contributed by atoms with Gasteiger partial charge in [-0.1, -0.05) is 164 Å². The summed E-state index contributed by atoms with van der Waals surface area (Å²) in [5.74, 6) is 0.881. The minimum Gasteiger partial charge on any atom is -0.292 e. The largest absolute Gasteiger partial charge is 0.292 e. The van der Waals surface area contributed by atoms with Crippen LogP contribution >= 0.6 is 0 Å². The third-order valence-electron chi connectivity index (χ3n) is 10.8. The van der Waals surface area contributed by atoms with Crippen LogP contribution in [0.15, 0.2) is 195 Å². The van der Waals surface area contributed by atoms with Crippen LogP contribution in [-0.4, -0.2) is 9.55 Å². The fourth-order valence-electron chi connectivity index (χ4n) is 8.64. The van der Waals surface area contributed by atoms with Gasteiger partial charge in [-0.2, -0.15) is 0 Å². The second-order valence-corrected chi connectivity index (χ2v) is 13.9. The van der Waals surface area contributed by atoms with Crippen molar-refractivity contribution in [1.29, 1.82) is 0 Å². The first kappa shape index (κ1) is 31.7. The van der Waals surface area contributed by atoms with Gasteiger partial charge in [-0.3, -0.25) is 4.57 Å². The number of benzene rings is 8. The van der Waals surface area contributed by atoms with E-state index in [1.807, 2.05) is 12.1 Å². The van der Waals surface area contributed by atoms with Gasteiger partial charge in [0.1, 0.15) is 5.82 Å². The molecule has 0 aliphatic heterocycles. The number of nitrogens with zero attached hydrogens (tertiary/aromatic N) is 2. The molecule has 254 valence electrons. The molecule has 9 aromatic rings. The number of hydrogen-bond acceptors (Lipinski definition) is 1. The van der Waals surface area contributed by atoms with Gasteiger partial charge < -0.3 is 0 Å². The number of para-hydroxylation sites is 3. The molecule has 2 nitrogen and oxygen atoms in total. The van der Waals surface area contributed by atoms with Crippen LogP contribution in [0.1, 0.15) is 18.3 Å². The summed E-state index contributed by atoms with van der Waals surface area (Å²) in [6.45, 7) is 6.33. The van der Waals surface area contributed by atoms with Crippen molar-refractivity contribution in [2.75, 3.05) is 0 Å². The lowest BCUT2D eigenvalue weighted by Crippen LogP contribution is -2.00. The van der Waals surface area contributed by atoms with E-state index in [0.717, 1.165) is 33.7 Å². The van der Waals surface area contributed by atoms with Crippen molar-refractivity contribution in [3.05, 3.63) is 206 Å². The molecule has 0 fully saturated rings. The Bertz CT molecular complexity index is 2890. The highest BCUT2D eigenvalue weighted by molar-refractivity contribution is 6.28. The number of allylic oxidation sites excluding steroid dienone is 5. The summed E-state index contributed by atoms with van der Waals surface area (Å²) >= 11 is 0. The molecule has 2 heteroatoms. The van der Waals surface area contributed by atoms with Crippen LogP contribution < -0.4 is 0 Å². The molecule has 0 radical (unpaired) electrons. The minimum absolute atomic E-state index is 0.881. The van der Waals surface area contributed by atoms with E-state index in [9.17, 15) is 0 Å². The van der Waals surface area contributed by atoms with E-state index in [0.29, 0.717) is 0 Å². The second kappa shape index (κ2) is 12.9. The average molecular weight is 689 g/mol. The van der Waals surface area contributed by atoms with Crippen LogP contribution in [-0.2, 0) is 0 Å². The number of imidazole rings is 1. The highest BCUT2D eigenvalue weighted by Crippen LogP contribution is 2.58. The van der Waals surface area contributed by atoms with E-state index in [1.165, 1.54) is 71.6 Å². The van der Waals surface area contributed by atoms with Gasteiger partial charge >= 0.3 is 0 Å². The molecule has 54 heavy (non-hydrogen) atoms. The molecule has 0 atom stereocenters. The van der Waals surface area contributed by atoms with Gasteiger partial charge in [-0.25, -0.2) is 4.98 Å². The molecule has 0 bridgehead atoms. The van der Waals surface area contributed by atoms with Gasteiger partial charge in [-0.05, 0) is 114 Å². The summed E-state index contributed by atoms with van der Waals surface area (Å²) in [4.78, 5) is 5.19. The monoisotopic (exact) mass is 688 g/mol. The molecular weight excluding hydrogens is 653 g/mol. The van der Waals surface area contributed by atoms with Crippen molar-refractivity contribution in [2.24, 2.45) is 0 Å². The van der Waals surface area contributed by atoms with E-state index in [-0.39, 0.29) is 0 Å². The van der Waals surface area contributed by atoms with Crippen LogP contribution in [0.4, 0.5) is 0 Å². The lowest BCUT2D eigenvalue weighted by Gasteiger charge is -2.20. The van der Waals surface area contributed by atoms with E-state index >= 15 is 0 Å². The number of fused-ring (bicyclic) bond motifs is 5. The van der Waals surface area contributed by atoms with Crippen LogP contribution in [0.5, 0.6) is 0 Å². The van der Waals surface area contributed by atoms with Gasteiger partial charge in [0, 0.05) is 11.3 Å². The molecule has 1 aliphatic rings. The Labute approximate surface area is 315 Å². The van der Waals surface area contributed by atoms with E-state index in [2.05, 4.69) is 194 Å². The van der Waals surface area contributed by atoms with Gasteiger partial charge in [0.05, 0.1) is 11.0 Å². The first-order valence-electron chi connectivity index (χ1n) is 18.5. The zero-order chi connectivity index (χ0) is 36.2. The Hall–Kier alpha value is -7.03. The second-order valence-electron chi connectivity index (χ2n) is 13.9. The predicted molar refractivity (Wildman–Crippen MR) is 230 cm³/mol. The van der Waals surface area contributed by atoms with Gasteiger partial charge in [0.2, 0.25) is 0 Å². The normalized spacial score (nSPS) is 12.5. The maximum absolute atomic E-state index is 5.19. The smallest absolute Gasteiger partial charge is 0.145 e. The third-order valence-corrected chi connectivity index (χ3v) is 10.8. The van der Waals surface area contributed by atoms with Gasteiger partial charge in [0.15, 0.2) is 0 Å². The van der Waals surface area contributed by atoms with Crippen LogP contribution in [0, 0.1) is 0 Å². The molecular formula is C52H36N2. The van der Waals surface area contributed by atoms with Gasteiger partial charge in [-0.15, -0.1) is 0 Å². The minimum atomic E-state index is 0.881. The zero-order valence-corrected chi connectivity index (χ0v) is 30.0. The summed E-state index contributed by atoms with van der Waals surface area (Å²) in [6.07, 6.45) is 6.20. The lowest BCUT2D eigenvalue weighted by molar-refractivity contribution is 1.06. The number of hydrogen-bond donors (Lipinski definition) is 0. The Morgan fingerprint density at radius 3 is 1.74 bits per heavy atom. The quantitative estimate of drug-likeness (QED) is 0.152. The molecule has 1 heterocycles. The van der Waals surface area contributed by atoms with Gasteiger partial charge in [0.25, 0.3) is 0 Å². The molecule has 0 N–H and O–H groups in total. The Kier molecular flexibility index (Phi) is 7.56. The molecule has 0 amide bonds. The average Bonchev–Trinajstić information content (AvgIpc) is 3.78. The van der Waals surface area contributed by atoms with Crippen LogP contribution in [0.3, 0.4) is 0 Å². The summed E-state index contributed by atoms with van der Waals surface area (Å²) in [7, 11) is 0. The first-order valence-corrected chi connectivity index (χ1v) is 18.5. The molecule has 1 aliphatic carbocycles. The van der Waals surface area contributed by atoms with Crippen molar-refractivity contribution in [3.8, 4) is 50.2 Å². The van der Waals surface area contributed by atoms with Crippen molar-refractivity contribution in [2.45, 2.75) is 6.92 Å². The predicted octanol–water partition coefficient (Wildman–Crippen LogP) is 14.0. The fraction of sp³-hybridized carbons (Fsp3) is 0.0192. The highest BCUT2D eigenvalue weighted by atomic mass is 15.1. The van der Waals surface area contributed by atoms with E-state index < -0.39 is 0 Å². The fourth-order valence-corrected chi connectivity index (χ4v) is 8.64. The molecule has 0 unspecified atom stereocenters. The van der Waals surface area contributed by atoms with Crippen molar-refractivity contribution in [1.82, 2.24) is 9.55 Å². The summed E-state index contributed by atoms with van der Waals surface area (Å²) in [6, 6.07) is 61.1. The Balaban J connectivity index is 1.22. The van der Waals surface area contributed by atoms with Crippen LogP contribution in [0.2, 0.25) is 0 Å². The molecule has 1 aromatic heterocycles. The van der Waals surface area contributed by atoms with E-state index in [4.69, 9.17) is 4.98 Å². The molecule has 10 rings (SSSR count). The molecule has 0 saturated carbocycles. The van der Waals surface area contributed by atoms with Crippen molar-refractivity contribution < 1.29 is 0 Å². The topological polar surface area (TPSA) is 17.8 Å².